The normalized spacial score (nSPS) is 10.8. The molecule has 2 aromatic carbocycles. The van der Waals surface area contributed by atoms with Crippen molar-refractivity contribution in [3.63, 3.8) is 0 Å². The van der Waals surface area contributed by atoms with Gasteiger partial charge in [-0.3, -0.25) is 0 Å². The zero-order chi connectivity index (χ0) is 11.0. The molecule has 0 radical (unpaired) electrons. The topological polar surface area (TPSA) is 46.3 Å². The van der Waals surface area contributed by atoms with Crippen molar-refractivity contribution >= 4 is 11.0 Å². The van der Waals surface area contributed by atoms with Gasteiger partial charge in [-0.05, 0) is 18.2 Å². The molecule has 16 heavy (non-hydrogen) atoms. The Hall–Kier alpha value is -2.29. The van der Waals surface area contributed by atoms with Crippen LogP contribution in [0, 0.1) is 0 Å². The van der Waals surface area contributed by atoms with Gasteiger partial charge in [-0.2, -0.15) is 0 Å². The Bertz CT molecular complexity index is 629. The first kappa shape index (κ1) is 8.97. The van der Waals surface area contributed by atoms with Crippen LogP contribution in [0.25, 0.3) is 22.2 Å². The number of phenolic OH excluding ortho intramolecular Hbond substituents is 1. The van der Waals surface area contributed by atoms with Crippen molar-refractivity contribution in [1.29, 1.82) is 0 Å². The van der Waals surface area contributed by atoms with Crippen molar-refractivity contribution in [1.82, 2.24) is 5.16 Å². The molecule has 0 saturated heterocycles. The first-order valence-electron chi connectivity index (χ1n) is 4.98. The molecule has 0 aliphatic heterocycles. The van der Waals surface area contributed by atoms with Crippen molar-refractivity contribution in [3.05, 3.63) is 48.5 Å². The van der Waals surface area contributed by atoms with Crippen LogP contribution in [0.3, 0.4) is 0 Å². The van der Waals surface area contributed by atoms with Crippen LogP contribution < -0.4 is 0 Å². The van der Waals surface area contributed by atoms with Gasteiger partial charge in [0.15, 0.2) is 5.58 Å². The van der Waals surface area contributed by atoms with Crippen LogP contribution >= 0.6 is 0 Å². The highest BCUT2D eigenvalue weighted by Crippen LogP contribution is 2.29. The molecule has 0 atom stereocenters. The zero-order valence-corrected chi connectivity index (χ0v) is 8.42. The van der Waals surface area contributed by atoms with Crippen LogP contribution in [0.1, 0.15) is 0 Å². The van der Waals surface area contributed by atoms with Gasteiger partial charge in [-0.25, -0.2) is 0 Å². The summed E-state index contributed by atoms with van der Waals surface area (Å²) in [4.78, 5) is 0. The summed E-state index contributed by atoms with van der Waals surface area (Å²) in [6.45, 7) is 0. The third-order valence-electron chi connectivity index (χ3n) is 2.50. The molecule has 1 N–H and O–H groups in total. The van der Waals surface area contributed by atoms with E-state index in [4.69, 9.17) is 4.52 Å². The first-order valence-corrected chi connectivity index (χ1v) is 4.98. The molecule has 3 aromatic rings. The van der Waals surface area contributed by atoms with E-state index in [1.54, 1.807) is 18.2 Å². The van der Waals surface area contributed by atoms with Crippen LogP contribution in [0.15, 0.2) is 53.1 Å². The van der Waals surface area contributed by atoms with Gasteiger partial charge in [0.05, 0.1) is 5.39 Å². The SMILES string of the molecule is Oc1ccc2onc(-c3ccccc3)c2c1. The highest BCUT2D eigenvalue weighted by molar-refractivity contribution is 5.92. The van der Waals surface area contributed by atoms with Gasteiger partial charge in [0.25, 0.3) is 0 Å². The third kappa shape index (κ3) is 1.34. The van der Waals surface area contributed by atoms with E-state index < -0.39 is 0 Å². The largest absolute Gasteiger partial charge is 0.508 e. The minimum Gasteiger partial charge on any atom is -0.508 e. The predicted molar refractivity (Wildman–Crippen MR) is 61.1 cm³/mol. The lowest BCUT2D eigenvalue weighted by Crippen LogP contribution is -1.76. The molecule has 0 unspecified atom stereocenters. The standard InChI is InChI=1S/C13H9NO2/c15-10-6-7-12-11(8-10)13(14-16-12)9-4-2-1-3-5-9/h1-8,15H. The molecule has 78 valence electrons. The molecule has 1 heterocycles. The summed E-state index contributed by atoms with van der Waals surface area (Å²) >= 11 is 0. The second-order valence-electron chi connectivity index (χ2n) is 3.58. The maximum absolute atomic E-state index is 9.45. The number of aromatic nitrogens is 1. The predicted octanol–water partition coefficient (Wildman–Crippen LogP) is 3.20. The Labute approximate surface area is 91.9 Å². The molecular formula is C13H9NO2. The van der Waals surface area contributed by atoms with Gasteiger partial charge >= 0.3 is 0 Å². The molecule has 0 bridgehead atoms. The Morgan fingerprint density at radius 1 is 1.00 bits per heavy atom. The molecule has 3 nitrogen and oxygen atoms in total. The van der Waals surface area contributed by atoms with E-state index in [9.17, 15) is 5.11 Å². The second kappa shape index (κ2) is 3.38. The summed E-state index contributed by atoms with van der Waals surface area (Å²) in [5, 5.41) is 14.3. The third-order valence-corrected chi connectivity index (χ3v) is 2.50. The van der Waals surface area contributed by atoms with Gasteiger partial charge in [0.1, 0.15) is 11.4 Å². The number of fused-ring (bicyclic) bond motifs is 1. The fourth-order valence-electron chi connectivity index (χ4n) is 1.73. The average Bonchev–Trinajstić information content (AvgIpc) is 2.73. The van der Waals surface area contributed by atoms with Crippen LogP contribution in [0.4, 0.5) is 0 Å². The molecule has 0 spiro atoms. The molecule has 0 aliphatic rings. The van der Waals surface area contributed by atoms with Crippen LogP contribution in [0.2, 0.25) is 0 Å². The quantitative estimate of drug-likeness (QED) is 0.672. The highest BCUT2D eigenvalue weighted by Gasteiger charge is 2.10. The van der Waals surface area contributed by atoms with E-state index in [0.717, 1.165) is 16.6 Å². The van der Waals surface area contributed by atoms with E-state index in [2.05, 4.69) is 5.16 Å². The van der Waals surface area contributed by atoms with Gasteiger partial charge in [0, 0.05) is 5.56 Å². The maximum Gasteiger partial charge on any atom is 0.167 e. The molecule has 0 saturated carbocycles. The fourth-order valence-corrected chi connectivity index (χ4v) is 1.73. The fraction of sp³-hybridized carbons (Fsp3) is 0. The second-order valence-corrected chi connectivity index (χ2v) is 3.58. The Morgan fingerprint density at radius 2 is 1.81 bits per heavy atom. The lowest BCUT2D eigenvalue weighted by Gasteiger charge is -1.95. The lowest BCUT2D eigenvalue weighted by atomic mass is 10.1. The summed E-state index contributed by atoms with van der Waals surface area (Å²) in [5.41, 5.74) is 2.41. The number of aromatic hydroxyl groups is 1. The minimum absolute atomic E-state index is 0.216. The number of hydrogen-bond acceptors (Lipinski definition) is 3. The van der Waals surface area contributed by atoms with E-state index >= 15 is 0 Å². The average molecular weight is 211 g/mol. The summed E-state index contributed by atoms with van der Waals surface area (Å²) in [5.74, 6) is 0.216. The van der Waals surface area contributed by atoms with Gasteiger partial charge in [0.2, 0.25) is 0 Å². The van der Waals surface area contributed by atoms with Crippen molar-refractivity contribution in [2.75, 3.05) is 0 Å². The van der Waals surface area contributed by atoms with Gasteiger partial charge in [-0.1, -0.05) is 35.5 Å². The molecule has 3 heteroatoms. The van der Waals surface area contributed by atoms with Crippen molar-refractivity contribution < 1.29 is 9.63 Å². The molecule has 0 aliphatic carbocycles. The summed E-state index contributed by atoms with van der Waals surface area (Å²) < 4.78 is 5.20. The van der Waals surface area contributed by atoms with E-state index in [-0.39, 0.29) is 5.75 Å². The van der Waals surface area contributed by atoms with E-state index in [1.807, 2.05) is 30.3 Å². The van der Waals surface area contributed by atoms with Crippen LogP contribution in [0.5, 0.6) is 5.75 Å². The van der Waals surface area contributed by atoms with E-state index in [1.165, 1.54) is 0 Å². The van der Waals surface area contributed by atoms with Gasteiger partial charge < -0.3 is 9.63 Å². The number of nitrogens with zero attached hydrogens (tertiary/aromatic N) is 1. The first-order chi connectivity index (χ1) is 7.84. The Morgan fingerprint density at radius 3 is 2.62 bits per heavy atom. The summed E-state index contributed by atoms with van der Waals surface area (Å²) in [6.07, 6.45) is 0. The highest BCUT2D eigenvalue weighted by atomic mass is 16.5. The molecular weight excluding hydrogens is 202 g/mol. The molecule has 3 rings (SSSR count). The molecule has 0 fully saturated rings. The van der Waals surface area contributed by atoms with Crippen LogP contribution in [-0.2, 0) is 0 Å². The summed E-state index contributed by atoms with van der Waals surface area (Å²) in [6, 6.07) is 14.7. The van der Waals surface area contributed by atoms with Crippen molar-refractivity contribution in [2.24, 2.45) is 0 Å². The monoisotopic (exact) mass is 211 g/mol. The Kier molecular flexibility index (Phi) is 1.90. The van der Waals surface area contributed by atoms with Crippen LogP contribution in [-0.4, -0.2) is 10.3 Å². The Balaban J connectivity index is 2.29. The zero-order valence-electron chi connectivity index (χ0n) is 8.42. The summed E-state index contributed by atoms with van der Waals surface area (Å²) in [7, 11) is 0. The molecule has 0 amide bonds. The lowest BCUT2D eigenvalue weighted by molar-refractivity contribution is 0.457. The minimum atomic E-state index is 0.216. The number of rotatable bonds is 1. The number of hydrogen-bond donors (Lipinski definition) is 1. The number of benzene rings is 2. The van der Waals surface area contributed by atoms with Gasteiger partial charge in [-0.15, -0.1) is 0 Å². The number of phenols is 1. The van der Waals surface area contributed by atoms with E-state index in [0.29, 0.717) is 5.58 Å². The maximum atomic E-state index is 9.45. The smallest absolute Gasteiger partial charge is 0.167 e. The van der Waals surface area contributed by atoms with Crippen molar-refractivity contribution in [2.45, 2.75) is 0 Å². The molecule has 1 aromatic heterocycles. The van der Waals surface area contributed by atoms with Crippen molar-refractivity contribution in [3.8, 4) is 17.0 Å².